The van der Waals surface area contributed by atoms with Crippen LogP contribution in [0.4, 0.5) is 0 Å². The zero-order valence-electron chi connectivity index (χ0n) is 11.7. The van der Waals surface area contributed by atoms with Crippen LogP contribution in [-0.4, -0.2) is 38.9 Å². The number of pyridine rings is 1. The highest BCUT2D eigenvalue weighted by molar-refractivity contribution is 5.22. The minimum Gasteiger partial charge on any atom is -0.314 e. The molecule has 1 unspecified atom stereocenters. The van der Waals surface area contributed by atoms with E-state index in [1.165, 1.54) is 0 Å². The molecule has 0 amide bonds. The second kappa shape index (κ2) is 5.94. The fourth-order valence-electron chi connectivity index (χ4n) is 2.72. The van der Waals surface area contributed by atoms with Crippen LogP contribution >= 0.6 is 0 Å². The third kappa shape index (κ3) is 3.03. The van der Waals surface area contributed by atoms with Crippen molar-refractivity contribution in [3.05, 3.63) is 52.7 Å². The highest BCUT2D eigenvalue weighted by Gasteiger charge is 2.24. The van der Waals surface area contributed by atoms with Gasteiger partial charge in [0.25, 0.3) is 5.56 Å². The van der Waals surface area contributed by atoms with E-state index in [1.54, 1.807) is 29.1 Å². The summed E-state index contributed by atoms with van der Waals surface area (Å²) >= 11 is 0. The van der Waals surface area contributed by atoms with E-state index in [1.807, 2.05) is 16.9 Å². The summed E-state index contributed by atoms with van der Waals surface area (Å²) in [5, 5.41) is 13.1. The van der Waals surface area contributed by atoms with Crippen LogP contribution in [0.5, 0.6) is 0 Å². The summed E-state index contributed by atoms with van der Waals surface area (Å²) in [7, 11) is 0. The van der Waals surface area contributed by atoms with Crippen molar-refractivity contribution in [3.8, 4) is 6.07 Å². The van der Waals surface area contributed by atoms with E-state index in [2.05, 4.69) is 16.1 Å². The van der Waals surface area contributed by atoms with Crippen molar-refractivity contribution in [1.82, 2.24) is 19.2 Å². The van der Waals surface area contributed by atoms with Crippen LogP contribution in [0.2, 0.25) is 0 Å². The van der Waals surface area contributed by atoms with Gasteiger partial charge in [-0.25, -0.2) is 0 Å². The Labute approximate surface area is 122 Å². The van der Waals surface area contributed by atoms with Crippen molar-refractivity contribution in [1.29, 1.82) is 5.26 Å². The maximum atomic E-state index is 11.6. The summed E-state index contributed by atoms with van der Waals surface area (Å²) in [5.41, 5.74) is 0.642. The van der Waals surface area contributed by atoms with Gasteiger partial charge in [-0.2, -0.15) is 10.4 Å². The van der Waals surface area contributed by atoms with Gasteiger partial charge < -0.3 is 4.57 Å². The van der Waals surface area contributed by atoms with Crippen LogP contribution in [0.1, 0.15) is 18.0 Å². The highest BCUT2D eigenvalue weighted by Crippen LogP contribution is 2.20. The minimum absolute atomic E-state index is 0.0407. The molecule has 1 fully saturated rings. The number of nitriles is 1. The maximum Gasteiger partial charge on any atom is 0.250 e. The molecule has 6 heteroatoms. The number of rotatable bonds is 4. The molecule has 3 rings (SSSR count). The van der Waals surface area contributed by atoms with E-state index in [9.17, 15) is 4.79 Å². The quantitative estimate of drug-likeness (QED) is 0.835. The Morgan fingerprint density at radius 1 is 1.38 bits per heavy atom. The zero-order chi connectivity index (χ0) is 14.7. The lowest BCUT2D eigenvalue weighted by molar-refractivity contribution is 0.304. The van der Waals surface area contributed by atoms with E-state index < -0.39 is 0 Å². The Hall–Kier alpha value is -2.39. The van der Waals surface area contributed by atoms with Crippen molar-refractivity contribution in [2.24, 2.45) is 0 Å². The third-order valence-electron chi connectivity index (χ3n) is 3.91. The molecular weight excluding hydrogens is 266 g/mol. The molecule has 0 aliphatic carbocycles. The van der Waals surface area contributed by atoms with Crippen molar-refractivity contribution >= 4 is 0 Å². The van der Waals surface area contributed by atoms with Crippen LogP contribution in [0.3, 0.4) is 0 Å². The summed E-state index contributed by atoms with van der Waals surface area (Å²) in [6, 6.07) is 7.64. The summed E-state index contributed by atoms with van der Waals surface area (Å²) in [4.78, 5) is 14.0. The largest absolute Gasteiger partial charge is 0.314 e. The van der Waals surface area contributed by atoms with Gasteiger partial charge in [0.05, 0.1) is 17.8 Å². The smallest absolute Gasteiger partial charge is 0.250 e. The van der Waals surface area contributed by atoms with Crippen LogP contribution < -0.4 is 5.56 Å². The molecule has 0 aromatic carbocycles. The standard InChI is InChI=1S/C15H17N5O/c16-9-13-10-17-20(11-13)14-4-6-18(12-14)7-8-19-5-2-1-3-15(19)21/h1-3,5,10-11,14H,4,6-8,12H2. The number of likely N-dealkylation sites (tertiary alicyclic amines) is 1. The lowest BCUT2D eigenvalue weighted by atomic mass is 10.3. The zero-order valence-corrected chi connectivity index (χ0v) is 11.7. The van der Waals surface area contributed by atoms with Gasteiger partial charge in [-0.1, -0.05) is 6.07 Å². The SMILES string of the molecule is N#Cc1cnn(C2CCN(CCn3ccccc3=O)C2)c1. The molecule has 0 spiro atoms. The molecule has 3 heterocycles. The third-order valence-corrected chi connectivity index (χ3v) is 3.91. The summed E-state index contributed by atoms with van der Waals surface area (Å²) in [6.07, 6.45) is 6.25. The first-order chi connectivity index (χ1) is 10.3. The second-order valence-corrected chi connectivity index (χ2v) is 5.30. The predicted octanol–water partition coefficient (Wildman–Crippen LogP) is 0.863. The van der Waals surface area contributed by atoms with Crippen molar-refractivity contribution in [3.63, 3.8) is 0 Å². The van der Waals surface area contributed by atoms with Gasteiger partial charge in [-0.3, -0.25) is 14.4 Å². The molecule has 2 aromatic heterocycles. The van der Waals surface area contributed by atoms with E-state index in [0.717, 1.165) is 26.1 Å². The molecule has 0 N–H and O–H groups in total. The average molecular weight is 283 g/mol. The fourth-order valence-corrected chi connectivity index (χ4v) is 2.72. The van der Waals surface area contributed by atoms with Gasteiger partial charge in [0.1, 0.15) is 6.07 Å². The highest BCUT2D eigenvalue weighted by atomic mass is 16.1. The topological polar surface area (TPSA) is 66.8 Å². The first-order valence-corrected chi connectivity index (χ1v) is 7.08. The van der Waals surface area contributed by atoms with Gasteiger partial charge >= 0.3 is 0 Å². The molecule has 1 aliphatic heterocycles. The Bertz CT molecular complexity index is 711. The van der Waals surface area contributed by atoms with Crippen molar-refractivity contribution < 1.29 is 0 Å². The number of nitrogens with zero attached hydrogens (tertiary/aromatic N) is 5. The Morgan fingerprint density at radius 3 is 3.05 bits per heavy atom. The van der Waals surface area contributed by atoms with Crippen LogP contribution in [-0.2, 0) is 6.54 Å². The van der Waals surface area contributed by atoms with E-state index in [-0.39, 0.29) is 5.56 Å². The van der Waals surface area contributed by atoms with E-state index in [0.29, 0.717) is 18.2 Å². The molecule has 0 bridgehead atoms. The van der Waals surface area contributed by atoms with Gasteiger partial charge in [-0.15, -0.1) is 0 Å². The average Bonchev–Trinajstić information content (AvgIpc) is 3.15. The van der Waals surface area contributed by atoms with Gasteiger partial charge in [-0.05, 0) is 12.5 Å². The van der Waals surface area contributed by atoms with Crippen molar-refractivity contribution in [2.45, 2.75) is 19.0 Å². The monoisotopic (exact) mass is 283 g/mol. The molecule has 1 saturated heterocycles. The maximum absolute atomic E-state index is 11.6. The van der Waals surface area contributed by atoms with E-state index in [4.69, 9.17) is 5.26 Å². The van der Waals surface area contributed by atoms with Crippen LogP contribution in [0.25, 0.3) is 0 Å². The summed E-state index contributed by atoms with van der Waals surface area (Å²) in [5.74, 6) is 0. The Balaban J connectivity index is 1.57. The summed E-state index contributed by atoms with van der Waals surface area (Å²) in [6.45, 7) is 3.46. The van der Waals surface area contributed by atoms with Gasteiger partial charge in [0.2, 0.25) is 0 Å². The number of hydrogen-bond donors (Lipinski definition) is 0. The predicted molar refractivity (Wildman–Crippen MR) is 77.7 cm³/mol. The molecular formula is C15H17N5O. The molecule has 0 radical (unpaired) electrons. The van der Waals surface area contributed by atoms with Crippen molar-refractivity contribution in [2.75, 3.05) is 19.6 Å². The second-order valence-electron chi connectivity index (χ2n) is 5.30. The molecule has 6 nitrogen and oxygen atoms in total. The van der Waals surface area contributed by atoms with Crippen LogP contribution in [0.15, 0.2) is 41.6 Å². The lowest BCUT2D eigenvalue weighted by Gasteiger charge is -2.16. The molecule has 2 aromatic rings. The molecule has 1 aliphatic rings. The number of hydrogen-bond acceptors (Lipinski definition) is 4. The molecule has 108 valence electrons. The Morgan fingerprint density at radius 2 is 2.29 bits per heavy atom. The van der Waals surface area contributed by atoms with Crippen LogP contribution in [0, 0.1) is 11.3 Å². The molecule has 1 atom stereocenters. The Kier molecular flexibility index (Phi) is 3.84. The lowest BCUT2D eigenvalue weighted by Crippen LogP contribution is -2.29. The number of aromatic nitrogens is 3. The first-order valence-electron chi connectivity index (χ1n) is 7.08. The fraction of sp³-hybridized carbons (Fsp3) is 0.400. The van der Waals surface area contributed by atoms with Gasteiger partial charge in [0.15, 0.2) is 0 Å². The van der Waals surface area contributed by atoms with E-state index >= 15 is 0 Å². The molecule has 0 saturated carbocycles. The van der Waals surface area contributed by atoms with Gasteiger partial charge in [0, 0.05) is 44.6 Å². The summed E-state index contributed by atoms with van der Waals surface area (Å²) < 4.78 is 3.61. The normalized spacial score (nSPS) is 18.7. The first kappa shape index (κ1) is 13.6. The molecule has 21 heavy (non-hydrogen) atoms. The minimum atomic E-state index is 0.0407.